The topological polar surface area (TPSA) is 16.3 Å². The SMILES string of the molecule is C[Si](C)(c1c(F)c(F)c(N(c2ccccc2)c2ccc3c(c2)c2ccccc2n3-c2ccccc2)c(F)c1F)c1c(F)c(F)c(N(c2ccccc2)c2ccc3c(c2)c2ccccc2n3-c2ccccc2)c(F)c1F. The molecule has 0 atom stereocenters. The molecule has 0 fully saturated rings. The average molecular weight is 1020 g/mol. The van der Waals surface area contributed by atoms with Crippen LogP contribution in [0, 0.1) is 46.5 Å². The molecule has 0 saturated carbocycles. The van der Waals surface area contributed by atoms with E-state index in [0.717, 1.165) is 67.1 Å². The molecule has 0 radical (unpaired) electrons. The quantitative estimate of drug-likeness (QED) is 0.0771. The molecule has 12 aromatic rings. The molecule has 4 nitrogen and oxygen atoms in total. The number of rotatable bonds is 10. The van der Waals surface area contributed by atoms with Gasteiger partial charge in [-0.3, -0.25) is 0 Å². The number of aromatic nitrogens is 2. The molecule has 0 spiro atoms. The van der Waals surface area contributed by atoms with Crippen molar-refractivity contribution in [2.24, 2.45) is 0 Å². The van der Waals surface area contributed by atoms with E-state index in [1.165, 1.54) is 24.3 Å². The lowest BCUT2D eigenvalue weighted by Crippen LogP contribution is -2.59. The summed E-state index contributed by atoms with van der Waals surface area (Å²) in [6.45, 7) is 1.95. The zero-order valence-electron chi connectivity index (χ0n) is 39.9. The van der Waals surface area contributed by atoms with Crippen molar-refractivity contribution in [1.82, 2.24) is 9.13 Å². The summed E-state index contributed by atoms with van der Waals surface area (Å²) < 4.78 is 142. The number of hydrogen-bond donors (Lipinski definition) is 0. The third-order valence-corrected chi connectivity index (χ3v) is 17.4. The first-order valence-corrected chi connectivity index (χ1v) is 27.0. The van der Waals surface area contributed by atoms with E-state index in [-0.39, 0.29) is 22.7 Å². The van der Waals surface area contributed by atoms with Gasteiger partial charge in [-0.1, -0.05) is 122 Å². The second kappa shape index (κ2) is 18.2. The molecule has 0 aliphatic heterocycles. The van der Waals surface area contributed by atoms with Crippen molar-refractivity contribution < 1.29 is 35.1 Å². The maximum atomic E-state index is 17.2. The Kier molecular flexibility index (Phi) is 11.4. The standard InChI is InChI=1S/C62H40F8N4Si/c1-75(2,61-55(67)51(63)59(52(64)56(61)68)71(37-19-7-3-8-20-37)41-31-33-49-45(35-41)43-27-15-17-29-47(43)73(49)39-23-11-5-12-24-39)62-57(69)53(65)60(54(66)58(62)70)72(38-21-9-4-10-22-38)42-32-34-50-46(36-42)44-28-16-18-30-48(44)74(50)40-25-13-6-14-26-40/h3-36H,1-2H3. The molecule has 0 N–H and O–H groups in total. The predicted molar refractivity (Wildman–Crippen MR) is 287 cm³/mol. The summed E-state index contributed by atoms with van der Waals surface area (Å²) >= 11 is 0. The highest BCUT2D eigenvalue weighted by molar-refractivity contribution is 7.00. The Morgan fingerprint density at radius 2 is 0.587 bits per heavy atom. The van der Waals surface area contributed by atoms with Gasteiger partial charge in [0, 0.05) is 66.0 Å². The van der Waals surface area contributed by atoms with Crippen molar-refractivity contribution >= 4 is 96.2 Å². The van der Waals surface area contributed by atoms with Gasteiger partial charge >= 0.3 is 0 Å². The van der Waals surface area contributed by atoms with Gasteiger partial charge < -0.3 is 18.9 Å². The summed E-state index contributed by atoms with van der Waals surface area (Å²) in [5.41, 5.74) is 2.95. The van der Waals surface area contributed by atoms with Crippen LogP contribution in [0.4, 0.5) is 69.2 Å². The molecule has 0 unspecified atom stereocenters. The zero-order valence-corrected chi connectivity index (χ0v) is 40.9. The summed E-state index contributed by atoms with van der Waals surface area (Å²) in [4.78, 5) is 2.04. The summed E-state index contributed by atoms with van der Waals surface area (Å²) in [5, 5.41) is 0.144. The second-order valence-electron chi connectivity index (χ2n) is 18.7. The van der Waals surface area contributed by atoms with Crippen molar-refractivity contribution in [3.63, 3.8) is 0 Å². The Hall–Kier alpha value is -8.94. The van der Waals surface area contributed by atoms with Crippen LogP contribution in [0.2, 0.25) is 13.1 Å². The van der Waals surface area contributed by atoms with Crippen LogP contribution in [0.3, 0.4) is 0 Å². The first kappa shape index (κ1) is 47.1. The fourth-order valence-electron chi connectivity index (χ4n) is 10.7. The van der Waals surface area contributed by atoms with Crippen LogP contribution in [-0.2, 0) is 0 Å². The van der Waals surface area contributed by atoms with Crippen LogP contribution in [-0.4, -0.2) is 17.2 Å². The van der Waals surface area contributed by atoms with Crippen LogP contribution in [0.5, 0.6) is 0 Å². The number of para-hydroxylation sites is 6. The van der Waals surface area contributed by atoms with Crippen LogP contribution >= 0.6 is 0 Å². The number of hydrogen-bond acceptors (Lipinski definition) is 2. The van der Waals surface area contributed by atoms with E-state index >= 15 is 35.1 Å². The van der Waals surface area contributed by atoms with E-state index in [2.05, 4.69) is 0 Å². The van der Waals surface area contributed by atoms with Gasteiger partial charge in [0.25, 0.3) is 0 Å². The van der Waals surface area contributed by atoms with E-state index < -0.39 is 76.4 Å². The maximum absolute atomic E-state index is 17.2. The molecule has 0 aliphatic rings. The Morgan fingerprint density at radius 1 is 0.293 bits per heavy atom. The number of nitrogens with zero attached hydrogens (tertiary/aromatic N) is 4. The zero-order chi connectivity index (χ0) is 51.9. The van der Waals surface area contributed by atoms with Crippen LogP contribution in [0.15, 0.2) is 206 Å². The van der Waals surface area contributed by atoms with Gasteiger partial charge in [0.1, 0.15) is 19.4 Å². The minimum Gasteiger partial charge on any atom is -0.309 e. The minimum absolute atomic E-state index is 0.116. The summed E-state index contributed by atoms with van der Waals surface area (Å²) in [6, 6.07) is 59.6. The van der Waals surface area contributed by atoms with Gasteiger partial charge in [-0.05, 0) is 97.1 Å². The van der Waals surface area contributed by atoms with Crippen LogP contribution < -0.4 is 20.2 Å². The smallest absolute Gasteiger partial charge is 0.185 e. The number of benzene rings is 10. The van der Waals surface area contributed by atoms with Crippen molar-refractivity contribution in [3.05, 3.63) is 253 Å². The number of halogens is 8. The first-order valence-electron chi connectivity index (χ1n) is 24.0. The molecule has 368 valence electrons. The van der Waals surface area contributed by atoms with Gasteiger partial charge in [-0.2, -0.15) is 0 Å². The lowest BCUT2D eigenvalue weighted by molar-refractivity contribution is 0.461. The molecule has 0 bridgehead atoms. The lowest BCUT2D eigenvalue weighted by atomic mass is 10.1. The van der Waals surface area contributed by atoms with E-state index in [9.17, 15) is 0 Å². The molecule has 75 heavy (non-hydrogen) atoms. The van der Waals surface area contributed by atoms with Gasteiger partial charge in [0.2, 0.25) is 0 Å². The Morgan fingerprint density at radius 3 is 0.933 bits per heavy atom. The van der Waals surface area contributed by atoms with Gasteiger partial charge in [0.05, 0.1) is 22.1 Å². The van der Waals surface area contributed by atoms with Gasteiger partial charge in [-0.15, -0.1) is 0 Å². The molecular formula is C62H40F8N4Si. The number of anilines is 6. The van der Waals surface area contributed by atoms with Gasteiger partial charge in [-0.25, -0.2) is 35.1 Å². The Bertz CT molecular complexity index is 3880. The number of fused-ring (bicyclic) bond motifs is 6. The van der Waals surface area contributed by atoms with Crippen molar-refractivity contribution in [3.8, 4) is 11.4 Å². The predicted octanol–water partition coefficient (Wildman–Crippen LogP) is 16.8. The highest BCUT2D eigenvalue weighted by atomic mass is 28.3. The minimum atomic E-state index is -4.89. The second-order valence-corrected chi connectivity index (χ2v) is 23.0. The molecule has 2 aromatic heterocycles. The van der Waals surface area contributed by atoms with E-state index in [0.29, 0.717) is 10.8 Å². The Balaban J connectivity index is 1.00. The molecule has 13 heteroatoms. The normalized spacial score (nSPS) is 11.9. The molecule has 12 rings (SSSR count). The monoisotopic (exact) mass is 1020 g/mol. The molecule has 10 aromatic carbocycles. The summed E-state index contributed by atoms with van der Waals surface area (Å²) in [5.74, 6) is -15.4. The third-order valence-electron chi connectivity index (χ3n) is 14.1. The Labute approximate surface area is 425 Å². The fraction of sp³-hybridized carbons (Fsp3) is 0.0323. The van der Waals surface area contributed by atoms with Crippen molar-refractivity contribution in [2.45, 2.75) is 13.1 Å². The largest absolute Gasteiger partial charge is 0.309 e. The summed E-state index contributed by atoms with van der Waals surface area (Å²) in [6.07, 6.45) is 0. The van der Waals surface area contributed by atoms with Gasteiger partial charge in [0.15, 0.2) is 46.5 Å². The van der Waals surface area contributed by atoms with Crippen molar-refractivity contribution in [2.75, 3.05) is 9.80 Å². The average Bonchev–Trinajstić information content (AvgIpc) is 3.96. The van der Waals surface area contributed by atoms with Crippen LogP contribution in [0.1, 0.15) is 0 Å². The molecule has 0 saturated heterocycles. The highest BCUT2D eigenvalue weighted by Crippen LogP contribution is 2.45. The third kappa shape index (κ3) is 7.39. The first-order chi connectivity index (χ1) is 36.4. The maximum Gasteiger partial charge on any atom is 0.185 e. The lowest BCUT2D eigenvalue weighted by Gasteiger charge is -2.31. The molecule has 0 amide bonds. The van der Waals surface area contributed by atoms with E-state index in [4.69, 9.17) is 0 Å². The highest BCUT2D eigenvalue weighted by Gasteiger charge is 2.45. The fourth-order valence-corrected chi connectivity index (χ4v) is 13.6. The molecule has 0 aliphatic carbocycles. The molecule has 2 heterocycles. The van der Waals surface area contributed by atoms with Crippen molar-refractivity contribution in [1.29, 1.82) is 0 Å². The molecular weight excluding hydrogens is 981 g/mol. The van der Waals surface area contributed by atoms with E-state index in [1.54, 1.807) is 72.8 Å². The summed E-state index contributed by atoms with van der Waals surface area (Å²) in [7, 11) is -4.89. The van der Waals surface area contributed by atoms with Crippen LogP contribution in [0.25, 0.3) is 55.0 Å². The van der Waals surface area contributed by atoms with E-state index in [1.807, 2.05) is 118 Å².